The van der Waals surface area contributed by atoms with Gasteiger partial charge in [-0.05, 0) is 61.8 Å². The molecule has 0 heterocycles. The van der Waals surface area contributed by atoms with Gasteiger partial charge in [0.1, 0.15) is 11.5 Å². The minimum Gasteiger partial charge on any atom is -0.508 e. The fourth-order valence-electron chi connectivity index (χ4n) is 2.23. The van der Waals surface area contributed by atoms with E-state index in [1.165, 1.54) is 43.5 Å². The van der Waals surface area contributed by atoms with Crippen molar-refractivity contribution in [3.8, 4) is 11.5 Å². The number of halogens is 3. The lowest BCUT2D eigenvalue weighted by molar-refractivity contribution is 0.0600. The molecule has 32 heavy (non-hydrogen) atoms. The lowest BCUT2D eigenvalue weighted by Gasteiger charge is -2.17. The Morgan fingerprint density at radius 3 is 2.00 bits per heavy atom. The number of aromatic hydroxyl groups is 1. The molecule has 2 aromatic rings. The number of hydrogen-bond donors (Lipinski definition) is 1. The zero-order valence-corrected chi connectivity index (χ0v) is 20.6. The predicted molar refractivity (Wildman–Crippen MR) is 122 cm³/mol. The van der Waals surface area contributed by atoms with Gasteiger partial charge in [-0.25, -0.2) is 4.79 Å². The summed E-state index contributed by atoms with van der Waals surface area (Å²) in [5, 5.41) is 8.98. The topological polar surface area (TPSA) is 108 Å². The van der Waals surface area contributed by atoms with Crippen molar-refractivity contribution in [2.24, 2.45) is 0 Å². The van der Waals surface area contributed by atoms with Gasteiger partial charge in [-0.15, -0.1) is 0 Å². The Bertz CT molecular complexity index is 953. The molecule has 12 heteroatoms. The zero-order valence-electron chi connectivity index (χ0n) is 17.5. The van der Waals surface area contributed by atoms with E-state index in [-0.39, 0.29) is 47.2 Å². The number of esters is 1. The number of ether oxygens (including phenoxy) is 2. The van der Waals surface area contributed by atoms with Gasteiger partial charge in [0.25, 0.3) is 5.24 Å². The van der Waals surface area contributed by atoms with Crippen LogP contribution in [0, 0.1) is 0 Å². The van der Waals surface area contributed by atoms with Gasteiger partial charge < -0.3 is 23.6 Å². The number of carbonyl (C=O) groups excluding carboxylic acids is 2. The van der Waals surface area contributed by atoms with E-state index in [1.54, 1.807) is 13.8 Å². The summed E-state index contributed by atoms with van der Waals surface area (Å²) in [7, 11) is -2.06. The highest BCUT2D eigenvalue weighted by Crippen LogP contribution is 2.48. The van der Waals surface area contributed by atoms with E-state index in [4.69, 9.17) is 53.7 Å². The average molecular weight is 528 g/mol. The quantitative estimate of drug-likeness (QED) is 0.235. The predicted octanol–water partition coefficient (Wildman–Crippen LogP) is 6.15. The second-order valence-electron chi connectivity index (χ2n) is 5.86. The van der Waals surface area contributed by atoms with Crippen molar-refractivity contribution in [2.45, 2.75) is 13.8 Å². The van der Waals surface area contributed by atoms with Gasteiger partial charge in [-0.3, -0.25) is 9.36 Å². The Morgan fingerprint density at radius 1 is 0.938 bits per heavy atom. The molecular weight excluding hydrogens is 506 g/mol. The van der Waals surface area contributed by atoms with E-state index in [9.17, 15) is 14.2 Å². The van der Waals surface area contributed by atoms with Crippen LogP contribution in [0.25, 0.3) is 0 Å². The second kappa shape index (κ2) is 13.7. The third kappa shape index (κ3) is 9.77. The first kappa shape index (κ1) is 28.2. The minimum atomic E-state index is -3.32. The van der Waals surface area contributed by atoms with Gasteiger partial charge in [0.05, 0.1) is 25.9 Å². The number of benzene rings is 2. The molecule has 0 atom stereocenters. The van der Waals surface area contributed by atoms with Crippen molar-refractivity contribution in [3.05, 3.63) is 57.6 Å². The highest BCUT2D eigenvalue weighted by molar-refractivity contribution is 7.53. The van der Waals surface area contributed by atoms with Gasteiger partial charge in [0, 0.05) is 15.6 Å². The molecule has 176 valence electrons. The largest absolute Gasteiger partial charge is 0.508 e. The van der Waals surface area contributed by atoms with Gasteiger partial charge in [-0.2, -0.15) is 0 Å². The maximum Gasteiger partial charge on any atom is 0.367 e. The van der Waals surface area contributed by atoms with Crippen molar-refractivity contribution in [1.29, 1.82) is 0 Å². The van der Waals surface area contributed by atoms with Crippen LogP contribution >= 0.6 is 42.4 Å². The van der Waals surface area contributed by atoms with Crippen molar-refractivity contribution in [2.75, 3.05) is 26.7 Å². The molecule has 8 nitrogen and oxygen atoms in total. The summed E-state index contributed by atoms with van der Waals surface area (Å²) in [6.45, 7) is 3.88. The molecule has 0 fully saturated rings. The third-order valence-corrected chi connectivity index (χ3v) is 5.85. The first-order valence-corrected chi connectivity index (χ1v) is 12.0. The third-order valence-electron chi connectivity index (χ3n) is 3.44. The minimum absolute atomic E-state index is 0.0529. The summed E-state index contributed by atoms with van der Waals surface area (Å²) < 4.78 is 32.1. The SMILES string of the molecule is CCOP(=O)(COc1cc(Cl)cc(C(=O)Cl)c1)OCC.COC(=O)c1cc(O)cc(Cl)c1. The summed E-state index contributed by atoms with van der Waals surface area (Å²) in [5.41, 5.74) is 0.430. The van der Waals surface area contributed by atoms with E-state index < -0.39 is 18.8 Å². The van der Waals surface area contributed by atoms with Crippen LogP contribution in [-0.4, -0.2) is 43.0 Å². The molecule has 0 unspecified atom stereocenters. The number of rotatable bonds is 9. The van der Waals surface area contributed by atoms with Crippen LogP contribution in [0.2, 0.25) is 10.0 Å². The summed E-state index contributed by atoms with van der Waals surface area (Å²) >= 11 is 16.8. The van der Waals surface area contributed by atoms with E-state index in [1.807, 2.05) is 0 Å². The highest BCUT2D eigenvalue weighted by Gasteiger charge is 2.25. The molecular formula is C20H22Cl3O8P. The molecule has 0 saturated heterocycles. The van der Waals surface area contributed by atoms with E-state index >= 15 is 0 Å². The van der Waals surface area contributed by atoms with Crippen molar-refractivity contribution in [1.82, 2.24) is 0 Å². The average Bonchev–Trinajstić information content (AvgIpc) is 2.71. The molecule has 0 amide bonds. The maximum absolute atomic E-state index is 12.2. The molecule has 1 N–H and O–H groups in total. The van der Waals surface area contributed by atoms with Crippen LogP contribution in [0.15, 0.2) is 36.4 Å². The zero-order chi connectivity index (χ0) is 24.3. The maximum atomic E-state index is 12.2. The van der Waals surface area contributed by atoms with Gasteiger partial charge >= 0.3 is 13.6 Å². The van der Waals surface area contributed by atoms with E-state index in [0.29, 0.717) is 5.02 Å². The normalized spacial score (nSPS) is 10.7. The lowest BCUT2D eigenvalue weighted by atomic mass is 10.2. The fourth-order valence-corrected chi connectivity index (χ4v) is 4.11. The van der Waals surface area contributed by atoms with Crippen LogP contribution in [0.5, 0.6) is 11.5 Å². The molecule has 0 aliphatic rings. The number of hydrogen-bond acceptors (Lipinski definition) is 8. The molecule has 0 saturated carbocycles. The number of phenolic OH excluding ortho intramolecular Hbond substituents is 1. The smallest absolute Gasteiger partial charge is 0.367 e. The first-order chi connectivity index (χ1) is 15.0. The lowest BCUT2D eigenvalue weighted by Crippen LogP contribution is -2.06. The molecule has 2 rings (SSSR count). The Kier molecular flexibility index (Phi) is 12.1. The Balaban J connectivity index is 0.000000363. The van der Waals surface area contributed by atoms with E-state index in [2.05, 4.69) is 4.74 Å². The standard InChI is InChI=1S/C12H15Cl2O5P.C8H7ClO3/c1-3-18-20(16,19-4-2)8-17-11-6-9(12(14)15)5-10(13)7-11;1-12-8(11)5-2-6(9)4-7(10)3-5/h5-7H,3-4,8H2,1-2H3;2-4,10H,1H3. The van der Waals surface area contributed by atoms with Crippen molar-refractivity contribution < 1.29 is 37.8 Å². The van der Waals surface area contributed by atoms with Crippen molar-refractivity contribution >= 4 is 53.6 Å². The monoisotopic (exact) mass is 526 g/mol. The Labute approximate surface area is 200 Å². The molecule has 0 aliphatic heterocycles. The van der Waals surface area contributed by atoms with Crippen LogP contribution in [0.4, 0.5) is 0 Å². The molecule has 0 aliphatic carbocycles. The molecule has 0 aromatic heterocycles. The molecule has 0 radical (unpaired) electrons. The molecule has 2 aromatic carbocycles. The van der Waals surface area contributed by atoms with Crippen LogP contribution in [0.3, 0.4) is 0 Å². The van der Waals surface area contributed by atoms with Crippen molar-refractivity contribution in [3.63, 3.8) is 0 Å². The summed E-state index contributed by atoms with van der Waals surface area (Å²) in [6, 6.07) is 8.35. The van der Waals surface area contributed by atoms with Crippen LogP contribution in [0.1, 0.15) is 34.6 Å². The molecule has 0 spiro atoms. The highest BCUT2D eigenvalue weighted by atomic mass is 35.5. The first-order valence-electron chi connectivity index (χ1n) is 9.12. The second-order valence-corrected chi connectivity index (χ2v) is 9.07. The number of methoxy groups -OCH3 is 1. The Hall–Kier alpha value is -1.80. The number of carbonyl (C=O) groups is 2. The van der Waals surface area contributed by atoms with Crippen LogP contribution < -0.4 is 4.74 Å². The Morgan fingerprint density at radius 2 is 1.50 bits per heavy atom. The summed E-state index contributed by atoms with van der Waals surface area (Å²) in [6.07, 6.45) is -0.273. The van der Waals surface area contributed by atoms with E-state index in [0.717, 1.165) is 0 Å². The van der Waals surface area contributed by atoms with Crippen LogP contribution in [-0.2, 0) is 18.3 Å². The molecule has 0 bridgehead atoms. The summed E-state index contributed by atoms with van der Waals surface area (Å²) in [4.78, 5) is 22.0. The number of phenols is 1. The van der Waals surface area contributed by atoms with Gasteiger partial charge in [0.2, 0.25) is 0 Å². The fraction of sp³-hybridized carbons (Fsp3) is 0.300. The summed E-state index contributed by atoms with van der Waals surface area (Å²) in [5.74, 6) is -0.308. The van der Waals surface area contributed by atoms with Gasteiger partial charge in [0.15, 0.2) is 6.35 Å². The van der Waals surface area contributed by atoms with Gasteiger partial charge in [-0.1, -0.05) is 23.2 Å².